The molecule has 0 spiro atoms. The molecule has 0 fully saturated rings. The number of carbonyl (C=O) groups is 1. The molecule has 1 amide bonds. The van der Waals surface area contributed by atoms with E-state index < -0.39 is 0 Å². The number of carbonyl (C=O) groups excluding carboxylic acids is 1. The summed E-state index contributed by atoms with van der Waals surface area (Å²) in [5.74, 6) is 0. The minimum Gasteiger partial charge on any atom is -0.333 e. The number of nitrogens with zero attached hydrogens (tertiary/aromatic N) is 1. The van der Waals surface area contributed by atoms with Gasteiger partial charge in [-0.3, -0.25) is 4.79 Å². The Kier molecular flexibility index (Phi) is 6.22. The monoisotopic (exact) mass is 174 g/mol. The summed E-state index contributed by atoms with van der Waals surface area (Å²) < 4.78 is 0. The molecule has 0 aliphatic heterocycles. The van der Waals surface area contributed by atoms with Gasteiger partial charge in [0.15, 0.2) is 0 Å². The summed E-state index contributed by atoms with van der Waals surface area (Å²) in [6.45, 7) is 2.98. The topological polar surface area (TPSA) is 20.3 Å². The fourth-order valence-corrected chi connectivity index (χ4v) is 0.958. The molecule has 0 N–H and O–H groups in total. The molecule has 2 nitrogen and oxygen atoms in total. The Labute approximate surface area is 74.4 Å². The van der Waals surface area contributed by atoms with Gasteiger partial charge in [0.1, 0.15) is 0 Å². The molecule has 0 rings (SSSR count). The van der Waals surface area contributed by atoms with Gasteiger partial charge in [-0.1, -0.05) is 26.2 Å². The van der Waals surface area contributed by atoms with Crippen LogP contribution in [0.1, 0.15) is 32.6 Å². The first-order chi connectivity index (χ1) is 5.18. The molecule has 1 radical (unpaired) electrons. The van der Waals surface area contributed by atoms with E-state index >= 15 is 0 Å². The SMILES string of the molecule is CCCCCCN(C)C(=O)[S]. The normalized spacial score (nSPS) is 9.64. The average molecular weight is 174 g/mol. The molecule has 0 saturated carbocycles. The van der Waals surface area contributed by atoms with E-state index in [1.807, 2.05) is 0 Å². The maximum absolute atomic E-state index is 10.5. The Morgan fingerprint density at radius 2 is 2.00 bits per heavy atom. The van der Waals surface area contributed by atoms with Crippen molar-refractivity contribution >= 4 is 17.9 Å². The fourth-order valence-electron chi connectivity index (χ4n) is 0.867. The van der Waals surface area contributed by atoms with Crippen LogP contribution < -0.4 is 0 Å². The van der Waals surface area contributed by atoms with Gasteiger partial charge in [-0.15, -0.1) is 0 Å². The van der Waals surface area contributed by atoms with E-state index in [0.717, 1.165) is 13.0 Å². The van der Waals surface area contributed by atoms with Crippen molar-refractivity contribution in [3.8, 4) is 0 Å². The lowest BCUT2D eigenvalue weighted by molar-refractivity contribution is 0.233. The van der Waals surface area contributed by atoms with Gasteiger partial charge in [0, 0.05) is 13.6 Å². The predicted molar refractivity (Wildman–Crippen MR) is 49.8 cm³/mol. The molecule has 3 heteroatoms. The van der Waals surface area contributed by atoms with Crippen molar-refractivity contribution in [2.45, 2.75) is 32.6 Å². The standard InChI is InChI=1S/C8H16NOS/c1-3-4-5-6-7-9(2)8(10)11/h3-7H2,1-2H3. The highest BCUT2D eigenvalue weighted by Crippen LogP contribution is 2.01. The summed E-state index contributed by atoms with van der Waals surface area (Å²) in [7, 11) is 1.75. The molecule has 0 bridgehead atoms. The first-order valence-corrected chi connectivity index (χ1v) is 4.51. The van der Waals surface area contributed by atoms with Gasteiger partial charge < -0.3 is 4.90 Å². The van der Waals surface area contributed by atoms with Crippen LogP contribution in [0.15, 0.2) is 0 Å². The van der Waals surface area contributed by atoms with E-state index in [4.69, 9.17) is 0 Å². The van der Waals surface area contributed by atoms with Crippen LogP contribution in [0, 0.1) is 0 Å². The van der Waals surface area contributed by atoms with Gasteiger partial charge in [-0.25, -0.2) is 0 Å². The maximum atomic E-state index is 10.5. The Balaban J connectivity index is 3.17. The quantitative estimate of drug-likeness (QED) is 0.587. The van der Waals surface area contributed by atoms with Gasteiger partial charge in [0.05, 0.1) is 0 Å². The highest BCUT2D eigenvalue weighted by atomic mass is 32.1. The molecule has 0 aromatic carbocycles. The van der Waals surface area contributed by atoms with E-state index in [1.165, 1.54) is 19.3 Å². The van der Waals surface area contributed by atoms with Gasteiger partial charge in [-0.2, -0.15) is 0 Å². The summed E-state index contributed by atoms with van der Waals surface area (Å²) in [6.07, 6.45) is 4.75. The van der Waals surface area contributed by atoms with Gasteiger partial charge >= 0.3 is 5.24 Å². The number of unbranched alkanes of at least 4 members (excludes halogenated alkanes) is 3. The largest absolute Gasteiger partial charge is 0.333 e. The van der Waals surface area contributed by atoms with Crippen LogP contribution >= 0.6 is 12.6 Å². The van der Waals surface area contributed by atoms with Crippen molar-refractivity contribution < 1.29 is 4.79 Å². The minimum absolute atomic E-state index is 0.249. The van der Waals surface area contributed by atoms with Crippen LogP contribution in [-0.2, 0) is 0 Å². The molecule has 0 atom stereocenters. The van der Waals surface area contributed by atoms with E-state index in [2.05, 4.69) is 19.6 Å². The van der Waals surface area contributed by atoms with E-state index in [9.17, 15) is 4.79 Å². The van der Waals surface area contributed by atoms with E-state index in [0.29, 0.717) is 0 Å². The Bertz CT molecular complexity index is 117. The van der Waals surface area contributed by atoms with Crippen LogP contribution in [0.3, 0.4) is 0 Å². The second-order valence-electron chi connectivity index (χ2n) is 2.75. The first kappa shape index (κ1) is 10.7. The molecule has 0 aromatic rings. The van der Waals surface area contributed by atoms with Crippen molar-refractivity contribution in [3.05, 3.63) is 0 Å². The molecule has 0 aromatic heterocycles. The number of amides is 1. The summed E-state index contributed by atoms with van der Waals surface area (Å²) in [5.41, 5.74) is 0. The molecular formula is C8H16NOS. The molecule has 0 heterocycles. The van der Waals surface area contributed by atoms with Crippen molar-refractivity contribution in [1.29, 1.82) is 0 Å². The second kappa shape index (κ2) is 6.40. The van der Waals surface area contributed by atoms with Crippen LogP contribution in [0.25, 0.3) is 0 Å². The van der Waals surface area contributed by atoms with Crippen LogP contribution in [0.5, 0.6) is 0 Å². The van der Waals surface area contributed by atoms with Gasteiger partial charge in [0.2, 0.25) is 0 Å². The van der Waals surface area contributed by atoms with Gasteiger partial charge in [-0.05, 0) is 19.0 Å². The van der Waals surface area contributed by atoms with Crippen LogP contribution in [0.4, 0.5) is 4.79 Å². The zero-order valence-corrected chi connectivity index (χ0v) is 8.12. The average Bonchev–Trinajstić information content (AvgIpc) is 1.97. The van der Waals surface area contributed by atoms with E-state index in [-0.39, 0.29) is 5.24 Å². The molecule has 0 aliphatic carbocycles. The summed E-state index contributed by atoms with van der Waals surface area (Å²) in [5, 5.41) is -0.249. The van der Waals surface area contributed by atoms with Gasteiger partial charge in [0.25, 0.3) is 0 Å². The number of hydrogen-bond acceptors (Lipinski definition) is 1. The highest BCUT2D eigenvalue weighted by Gasteiger charge is 2.01. The van der Waals surface area contributed by atoms with Crippen molar-refractivity contribution in [3.63, 3.8) is 0 Å². The van der Waals surface area contributed by atoms with Crippen molar-refractivity contribution in [1.82, 2.24) is 4.90 Å². The number of rotatable bonds is 5. The van der Waals surface area contributed by atoms with Crippen molar-refractivity contribution in [2.24, 2.45) is 0 Å². The lowest BCUT2D eigenvalue weighted by Crippen LogP contribution is -2.21. The zero-order chi connectivity index (χ0) is 8.69. The van der Waals surface area contributed by atoms with E-state index in [1.54, 1.807) is 11.9 Å². The zero-order valence-electron chi connectivity index (χ0n) is 7.30. The Hall–Kier alpha value is -0.310. The third-order valence-corrected chi connectivity index (χ3v) is 1.97. The smallest absolute Gasteiger partial charge is 0.312 e. The molecule has 65 valence electrons. The fraction of sp³-hybridized carbons (Fsp3) is 0.875. The maximum Gasteiger partial charge on any atom is 0.312 e. The Morgan fingerprint density at radius 1 is 1.36 bits per heavy atom. The predicted octanol–water partition coefficient (Wildman–Crippen LogP) is 2.82. The minimum atomic E-state index is -0.249. The molecular weight excluding hydrogens is 158 g/mol. The lowest BCUT2D eigenvalue weighted by Gasteiger charge is -2.11. The van der Waals surface area contributed by atoms with Crippen molar-refractivity contribution in [2.75, 3.05) is 13.6 Å². The van der Waals surface area contributed by atoms with Crippen LogP contribution in [-0.4, -0.2) is 23.7 Å². The molecule has 0 saturated heterocycles. The Morgan fingerprint density at radius 3 is 2.45 bits per heavy atom. The summed E-state index contributed by atoms with van der Waals surface area (Å²) in [4.78, 5) is 12.1. The third kappa shape index (κ3) is 6.10. The lowest BCUT2D eigenvalue weighted by atomic mass is 10.2. The van der Waals surface area contributed by atoms with Crippen LogP contribution in [0.2, 0.25) is 0 Å². The third-order valence-electron chi connectivity index (χ3n) is 1.66. The number of hydrogen-bond donors (Lipinski definition) is 0. The second-order valence-corrected chi connectivity index (χ2v) is 3.10. The summed E-state index contributed by atoms with van der Waals surface area (Å²) >= 11 is 4.47. The highest BCUT2D eigenvalue weighted by molar-refractivity contribution is 7.96. The molecule has 0 unspecified atom stereocenters. The first-order valence-electron chi connectivity index (χ1n) is 4.10. The molecule has 0 aliphatic rings. The summed E-state index contributed by atoms with van der Waals surface area (Å²) in [6, 6.07) is 0. The molecule has 11 heavy (non-hydrogen) atoms.